The quantitative estimate of drug-likeness (QED) is 0.418. The van der Waals surface area contributed by atoms with Crippen LogP contribution in [0.1, 0.15) is 15.9 Å². The number of benzene rings is 1. The molecule has 23 heavy (non-hydrogen) atoms. The van der Waals surface area contributed by atoms with Gasteiger partial charge in [-0.15, -0.1) is 0 Å². The lowest BCUT2D eigenvalue weighted by molar-refractivity contribution is -0.197. The van der Waals surface area contributed by atoms with E-state index >= 15 is 0 Å². The zero-order chi connectivity index (χ0) is 18.0. The van der Waals surface area contributed by atoms with Gasteiger partial charge in [-0.25, -0.2) is 4.79 Å². The Morgan fingerprint density at radius 1 is 1.30 bits per heavy atom. The summed E-state index contributed by atoms with van der Waals surface area (Å²) >= 11 is 0. The molecule has 6 radical (unpaired) electrons. The van der Waals surface area contributed by atoms with Gasteiger partial charge >= 0.3 is 12.1 Å². The van der Waals surface area contributed by atoms with E-state index in [2.05, 4.69) is 4.74 Å². The second-order valence-corrected chi connectivity index (χ2v) is 6.02. The van der Waals surface area contributed by atoms with Crippen LogP contribution < -0.4 is 10.9 Å². The Hall–Kier alpha value is -1.42. The maximum atomic E-state index is 12.7. The summed E-state index contributed by atoms with van der Waals surface area (Å²) in [6.07, 6.45) is -8.55. The maximum absolute atomic E-state index is 12.7. The molecule has 0 aliphatic carbocycles. The SMILES string of the molecule is [B]Cc1c([B])cc([B])cc1C(=O)OC(CS(=O)(=O)O)C(F)(F)F. The van der Waals surface area contributed by atoms with Crippen molar-refractivity contribution < 1.29 is 35.7 Å². The molecule has 1 rings (SSSR count). The average Bonchev–Trinajstić information content (AvgIpc) is 2.34. The molecule has 0 aromatic heterocycles. The van der Waals surface area contributed by atoms with Gasteiger partial charge in [0.05, 0.1) is 13.4 Å². The third-order valence-electron chi connectivity index (χ3n) is 2.71. The summed E-state index contributed by atoms with van der Waals surface area (Å²) in [5.41, 5.74) is -0.477. The molecule has 0 aliphatic heterocycles. The van der Waals surface area contributed by atoms with E-state index < -0.39 is 39.7 Å². The number of hydrogen-bond donors (Lipinski definition) is 1. The predicted molar refractivity (Wildman–Crippen MR) is 78.4 cm³/mol. The lowest BCUT2D eigenvalue weighted by Crippen LogP contribution is -2.40. The number of carbonyl (C=O) groups is 1. The Labute approximate surface area is 134 Å². The minimum Gasteiger partial charge on any atom is -0.448 e. The summed E-state index contributed by atoms with van der Waals surface area (Å²) in [6, 6.07) is 2.25. The number of alkyl halides is 3. The minimum atomic E-state index is -5.21. The van der Waals surface area contributed by atoms with E-state index in [4.69, 9.17) is 28.1 Å². The zero-order valence-electron chi connectivity index (χ0n) is 11.5. The standard InChI is InChI=1S/C11H8B3F3O5S/c12-3-7-6(1-5(13)2-8(7)14)10(18)22-9(11(15,16)17)4-23(19,20)21/h1-2,9H,3-4H2,(H,19,20,21). The van der Waals surface area contributed by atoms with E-state index in [0.717, 1.165) is 6.07 Å². The summed E-state index contributed by atoms with van der Waals surface area (Å²) in [5, 5.41) is 0. The first kappa shape index (κ1) is 19.6. The molecule has 0 bridgehead atoms. The summed E-state index contributed by atoms with van der Waals surface area (Å²) in [7, 11) is 11.3. The fourth-order valence-electron chi connectivity index (χ4n) is 1.71. The normalized spacial score (nSPS) is 13.6. The predicted octanol–water partition coefficient (Wildman–Crippen LogP) is -1.08. The van der Waals surface area contributed by atoms with Gasteiger partial charge in [-0.05, 0) is 5.56 Å². The second kappa shape index (κ2) is 7.00. The molecular formula is C11H8B3F3O5S. The Kier molecular flexibility index (Phi) is 5.97. The Morgan fingerprint density at radius 2 is 1.87 bits per heavy atom. The summed E-state index contributed by atoms with van der Waals surface area (Å²) < 4.78 is 72.2. The molecule has 0 amide bonds. The molecule has 12 heteroatoms. The molecule has 1 N–H and O–H groups in total. The molecule has 0 fully saturated rings. The van der Waals surface area contributed by atoms with Crippen molar-refractivity contribution in [2.24, 2.45) is 0 Å². The smallest absolute Gasteiger partial charge is 0.426 e. The molecule has 1 aromatic rings. The van der Waals surface area contributed by atoms with Crippen molar-refractivity contribution in [3.63, 3.8) is 0 Å². The summed E-state index contributed by atoms with van der Waals surface area (Å²) in [5.74, 6) is -3.35. The van der Waals surface area contributed by atoms with Crippen LogP contribution in [0, 0.1) is 0 Å². The van der Waals surface area contributed by atoms with E-state index in [1.54, 1.807) is 0 Å². The Bertz CT molecular complexity index is 706. The highest BCUT2D eigenvalue weighted by molar-refractivity contribution is 7.85. The number of hydrogen-bond acceptors (Lipinski definition) is 4. The highest BCUT2D eigenvalue weighted by atomic mass is 32.2. The van der Waals surface area contributed by atoms with Crippen LogP contribution in [0.15, 0.2) is 12.1 Å². The lowest BCUT2D eigenvalue weighted by Gasteiger charge is -2.21. The van der Waals surface area contributed by atoms with Gasteiger partial charge < -0.3 is 4.74 Å². The molecule has 0 saturated carbocycles. The minimum absolute atomic E-state index is 0.00280. The van der Waals surface area contributed by atoms with E-state index in [-0.39, 0.29) is 22.8 Å². The third-order valence-corrected chi connectivity index (χ3v) is 3.43. The fourth-order valence-corrected chi connectivity index (χ4v) is 2.35. The van der Waals surface area contributed by atoms with Crippen molar-refractivity contribution in [3.05, 3.63) is 23.3 Å². The van der Waals surface area contributed by atoms with E-state index in [1.165, 1.54) is 6.07 Å². The van der Waals surface area contributed by atoms with Gasteiger partial charge in [0, 0.05) is 0 Å². The molecule has 0 spiro atoms. The second-order valence-electron chi connectivity index (χ2n) is 4.52. The summed E-state index contributed by atoms with van der Waals surface area (Å²) in [6.45, 7) is 0. The summed E-state index contributed by atoms with van der Waals surface area (Å²) in [4.78, 5) is 11.9. The van der Waals surface area contributed by atoms with Gasteiger partial charge in [0.15, 0.2) is 0 Å². The first-order valence-electron chi connectivity index (χ1n) is 5.96. The van der Waals surface area contributed by atoms with Gasteiger partial charge in [-0.2, -0.15) is 21.6 Å². The van der Waals surface area contributed by atoms with Crippen molar-refractivity contribution in [1.29, 1.82) is 0 Å². The Balaban J connectivity index is 3.18. The van der Waals surface area contributed by atoms with E-state index in [0.29, 0.717) is 0 Å². The van der Waals surface area contributed by atoms with Gasteiger partial charge in [0.2, 0.25) is 6.10 Å². The average molecular weight is 342 g/mol. The number of halogens is 3. The third kappa shape index (κ3) is 5.61. The van der Waals surface area contributed by atoms with E-state index in [9.17, 15) is 26.4 Å². The topological polar surface area (TPSA) is 80.7 Å². The molecule has 1 aromatic carbocycles. The van der Waals surface area contributed by atoms with Crippen LogP contribution in [0.3, 0.4) is 0 Å². The number of rotatable bonds is 5. The largest absolute Gasteiger partial charge is 0.448 e. The van der Waals surface area contributed by atoms with Crippen molar-refractivity contribution in [1.82, 2.24) is 0 Å². The van der Waals surface area contributed by atoms with Gasteiger partial charge in [0.25, 0.3) is 10.1 Å². The van der Waals surface area contributed by atoms with Gasteiger partial charge in [-0.3, -0.25) is 4.55 Å². The number of ether oxygens (including phenoxy) is 1. The lowest BCUT2D eigenvalue weighted by atomic mass is 9.77. The van der Waals surface area contributed by atoms with Crippen molar-refractivity contribution in [2.75, 3.05) is 5.75 Å². The monoisotopic (exact) mass is 342 g/mol. The molecule has 118 valence electrons. The number of carbonyl (C=O) groups excluding carboxylic acids is 1. The van der Waals surface area contributed by atoms with Crippen molar-refractivity contribution in [3.8, 4) is 0 Å². The molecule has 0 aliphatic rings. The van der Waals surface area contributed by atoms with Crippen LogP contribution >= 0.6 is 0 Å². The highest BCUT2D eigenvalue weighted by Gasteiger charge is 2.45. The van der Waals surface area contributed by atoms with Crippen LogP contribution in [0.5, 0.6) is 0 Å². The van der Waals surface area contributed by atoms with E-state index in [1.807, 2.05) is 0 Å². The van der Waals surface area contributed by atoms with Crippen LogP contribution in [-0.4, -0.2) is 60.5 Å². The zero-order valence-corrected chi connectivity index (χ0v) is 12.3. The van der Waals surface area contributed by atoms with Gasteiger partial charge in [0.1, 0.15) is 21.4 Å². The molecule has 1 atom stereocenters. The molecule has 0 saturated heterocycles. The van der Waals surface area contributed by atoms with Crippen LogP contribution in [0.4, 0.5) is 13.2 Å². The van der Waals surface area contributed by atoms with Crippen LogP contribution in [0.2, 0.25) is 0 Å². The van der Waals surface area contributed by atoms with Crippen molar-refractivity contribution >= 4 is 50.6 Å². The van der Waals surface area contributed by atoms with Crippen molar-refractivity contribution in [2.45, 2.75) is 18.6 Å². The molecule has 0 heterocycles. The first-order valence-corrected chi connectivity index (χ1v) is 7.57. The first-order chi connectivity index (χ1) is 10.3. The molecular weight excluding hydrogens is 334 g/mol. The van der Waals surface area contributed by atoms with Crippen LogP contribution in [0.25, 0.3) is 0 Å². The highest BCUT2D eigenvalue weighted by Crippen LogP contribution is 2.25. The molecule has 5 nitrogen and oxygen atoms in total. The maximum Gasteiger partial charge on any atom is 0.426 e. The fraction of sp³-hybridized carbons (Fsp3) is 0.364. The number of esters is 1. The van der Waals surface area contributed by atoms with Gasteiger partial charge in [-0.1, -0.05) is 29.4 Å². The molecule has 1 unspecified atom stereocenters. The Morgan fingerprint density at radius 3 is 2.30 bits per heavy atom. The van der Waals surface area contributed by atoms with Crippen LogP contribution in [-0.2, 0) is 21.2 Å².